The fraction of sp³-hybridized carbons (Fsp3) is 0.353. The molecule has 1 aromatic carbocycles. The van der Waals surface area contributed by atoms with Crippen molar-refractivity contribution in [3.8, 4) is 5.75 Å². The number of anilines is 1. The summed E-state index contributed by atoms with van der Waals surface area (Å²) >= 11 is 0. The topological polar surface area (TPSA) is 85.7 Å². The fourth-order valence-electron chi connectivity index (χ4n) is 2.57. The van der Waals surface area contributed by atoms with Gasteiger partial charge < -0.3 is 24.3 Å². The minimum Gasteiger partial charge on any atom is -0.482 e. The van der Waals surface area contributed by atoms with Gasteiger partial charge in [-0.15, -0.1) is 0 Å². The fourth-order valence-corrected chi connectivity index (χ4v) is 2.57. The van der Waals surface area contributed by atoms with E-state index in [1.165, 1.54) is 4.90 Å². The van der Waals surface area contributed by atoms with Gasteiger partial charge in [-0.05, 0) is 18.2 Å². The van der Waals surface area contributed by atoms with Crippen molar-refractivity contribution in [2.24, 2.45) is 0 Å². The molecule has 2 heterocycles. The predicted octanol–water partition coefficient (Wildman–Crippen LogP) is 0.815. The van der Waals surface area contributed by atoms with Gasteiger partial charge in [0, 0.05) is 32.5 Å². The first kappa shape index (κ1) is 17.0. The Bertz CT molecular complexity index is 787. The number of carbonyl (C=O) groups excluding carboxylic acids is 2. The largest absolute Gasteiger partial charge is 0.482 e. The van der Waals surface area contributed by atoms with Crippen LogP contribution < -0.4 is 15.0 Å². The first-order chi connectivity index (χ1) is 12.1. The molecule has 0 bridgehead atoms. The molecule has 3 rings (SSSR count). The van der Waals surface area contributed by atoms with E-state index < -0.39 is 0 Å². The van der Waals surface area contributed by atoms with Gasteiger partial charge in [-0.2, -0.15) is 0 Å². The number of fused-ring (bicyclic) bond motifs is 1. The summed E-state index contributed by atoms with van der Waals surface area (Å²) in [5.74, 6) is 0.220. The van der Waals surface area contributed by atoms with Gasteiger partial charge in [0.1, 0.15) is 5.75 Å². The molecule has 2 amide bonds. The number of hydrogen-bond donors (Lipinski definition) is 1. The lowest BCUT2D eigenvalue weighted by Gasteiger charge is -2.26. The van der Waals surface area contributed by atoms with Crippen LogP contribution in [0, 0.1) is 0 Å². The lowest BCUT2D eigenvalue weighted by Crippen LogP contribution is -2.35. The summed E-state index contributed by atoms with van der Waals surface area (Å²) in [4.78, 5) is 29.7. The van der Waals surface area contributed by atoms with Gasteiger partial charge in [0.05, 0.1) is 30.9 Å². The Kier molecular flexibility index (Phi) is 4.99. The molecule has 0 saturated carbocycles. The Balaban J connectivity index is 1.68. The number of nitrogens with one attached hydrogen (secondary N) is 1. The molecule has 0 unspecified atom stereocenters. The molecule has 0 fully saturated rings. The van der Waals surface area contributed by atoms with Crippen molar-refractivity contribution < 1.29 is 19.1 Å². The monoisotopic (exact) mass is 344 g/mol. The van der Waals surface area contributed by atoms with E-state index in [0.717, 1.165) is 5.69 Å². The molecule has 1 aliphatic heterocycles. The van der Waals surface area contributed by atoms with Crippen LogP contribution in [0.4, 0.5) is 5.69 Å². The zero-order valence-corrected chi connectivity index (χ0v) is 14.2. The molecule has 8 nitrogen and oxygen atoms in total. The molecule has 0 radical (unpaired) electrons. The number of methoxy groups -OCH3 is 1. The molecule has 8 heteroatoms. The molecule has 132 valence electrons. The van der Waals surface area contributed by atoms with Crippen LogP contribution in [-0.2, 0) is 22.6 Å². The number of ether oxygens (including phenoxy) is 2. The Labute approximate surface area is 145 Å². The highest BCUT2D eigenvalue weighted by molar-refractivity contribution is 6.00. The molecule has 0 aliphatic carbocycles. The zero-order chi connectivity index (χ0) is 17.8. The summed E-state index contributed by atoms with van der Waals surface area (Å²) in [5.41, 5.74) is 1.94. The summed E-state index contributed by atoms with van der Waals surface area (Å²) in [5, 5.41) is 2.87. The third kappa shape index (κ3) is 3.63. The molecule has 1 aliphatic rings. The van der Waals surface area contributed by atoms with Crippen LogP contribution in [0.3, 0.4) is 0 Å². The summed E-state index contributed by atoms with van der Waals surface area (Å²) < 4.78 is 12.4. The number of likely N-dealkylation sites (N-methyl/N-ethyl adjacent to an activating group) is 1. The second-order valence-electron chi connectivity index (χ2n) is 5.68. The van der Waals surface area contributed by atoms with Gasteiger partial charge in [0.2, 0.25) is 0 Å². The molecule has 25 heavy (non-hydrogen) atoms. The van der Waals surface area contributed by atoms with Crippen LogP contribution in [0.15, 0.2) is 30.7 Å². The quantitative estimate of drug-likeness (QED) is 0.838. The zero-order valence-electron chi connectivity index (χ0n) is 14.2. The van der Waals surface area contributed by atoms with Crippen molar-refractivity contribution in [1.82, 2.24) is 14.9 Å². The average Bonchev–Trinajstić information content (AvgIpc) is 3.08. The van der Waals surface area contributed by atoms with Crippen molar-refractivity contribution in [2.75, 3.05) is 32.3 Å². The van der Waals surface area contributed by atoms with Gasteiger partial charge in [-0.25, -0.2) is 4.98 Å². The van der Waals surface area contributed by atoms with Crippen LogP contribution in [0.1, 0.15) is 16.1 Å². The van der Waals surface area contributed by atoms with Crippen molar-refractivity contribution in [1.29, 1.82) is 0 Å². The first-order valence-corrected chi connectivity index (χ1v) is 7.89. The standard InChI is InChI=1S/C17H20N4O4/c1-20-14-7-12(3-4-15(14)25-10-16(20)22)17(23)19-9-13-8-18-11-21(13)5-6-24-2/h3-4,7-8,11H,5-6,9-10H2,1-2H3,(H,19,23). The maximum absolute atomic E-state index is 12.4. The Morgan fingerprint density at radius 3 is 3.08 bits per heavy atom. The maximum Gasteiger partial charge on any atom is 0.264 e. The van der Waals surface area contributed by atoms with Crippen LogP contribution in [-0.4, -0.2) is 48.7 Å². The number of nitrogens with zero attached hydrogens (tertiary/aromatic N) is 3. The number of amides is 2. The van der Waals surface area contributed by atoms with E-state index in [2.05, 4.69) is 10.3 Å². The average molecular weight is 344 g/mol. The molecule has 1 N–H and O–H groups in total. The summed E-state index contributed by atoms with van der Waals surface area (Å²) in [6.07, 6.45) is 3.42. The normalized spacial score (nSPS) is 13.4. The second kappa shape index (κ2) is 7.35. The molecule has 2 aromatic rings. The van der Waals surface area contributed by atoms with E-state index in [9.17, 15) is 9.59 Å². The third-order valence-electron chi connectivity index (χ3n) is 4.07. The van der Waals surface area contributed by atoms with Crippen LogP contribution in [0.25, 0.3) is 0 Å². The summed E-state index contributed by atoms with van der Waals surface area (Å²) in [7, 11) is 3.31. The third-order valence-corrected chi connectivity index (χ3v) is 4.07. The highest BCUT2D eigenvalue weighted by atomic mass is 16.5. The van der Waals surface area contributed by atoms with Crippen LogP contribution >= 0.6 is 0 Å². The molecule has 0 saturated heterocycles. The smallest absolute Gasteiger partial charge is 0.264 e. The highest BCUT2D eigenvalue weighted by Crippen LogP contribution is 2.31. The number of aromatic nitrogens is 2. The molecule has 0 spiro atoms. The molecular weight excluding hydrogens is 324 g/mol. The Morgan fingerprint density at radius 1 is 1.44 bits per heavy atom. The van der Waals surface area contributed by atoms with Crippen LogP contribution in [0.5, 0.6) is 5.75 Å². The number of hydrogen-bond acceptors (Lipinski definition) is 5. The maximum atomic E-state index is 12.4. The summed E-state index contributed by atoms with van der Waals surface area (Å²) in [6.45, 7) is 1.61. The lowest BCUT2D eigenvalue weighted by atomic mass is 10.1. The van der Waals surface area contributed by atoms with Crippen molar-refractivity contribution in [3.05, 3.63) is 42.0 Å². The number of benzene rings is 1. The van der Waals surface area contributed by atoms with Gasteiger partial charge >= 0.3 is 0 Å². The lowest BCUT2D eigenvalue weighted by molar-refractivity contribution is -0.120. The highest BCUT2D eigenvalue weighted by Gasteiger charge is 2.23. The van der Waals surface area contributed by atoms with Gasteiger partial charge in [-0.1, -0.05) is 0 Å². The Hall–Kier alpha value is -2.87. The minimum absolute atomic E-state index is 0.0144. The Morgan fingerprint density at radius 2 is 2.28 bits per heavy atom. The van der Waals surface area contributed by atoms with Crippen molar-refractivity contribution in [2.45, 2.75) is 13.1 Å². The van der Waals surface area contributed by atoms with Crippen molar-refractivity contribution in [3.63, 3.8) is 0 Å². The van der Waals surface area contributed by atoms with Gasteiger partial charge in [-0.3, -0.25) is 9.59 Å². The van der Waals surface area contributed by atoms with E-state index in [1.54, 1.807) is 44.9 Å². The molecule has 1 aromatic heterocycles. The second-order valence-corrected chi connectivity index (χ2v) is 5.68. The number of imidazole rings is 1. The van der Waals surface area contributed by atoms with Crippen molar-refractivity contribution >= 4 is 17.5 Å². The predicted molar refractivity (Wildman–Crippen MR) is 90.6 cm³/mol. The van der Waals surface area contributed by atoms with E-state index in [-0.39, 0.29) is 18.4 Å². The molecule has 0 atom stereocenters. The van der Waals surface area contributed by atoms with Crippen LogP contribution in [0.2, 0.25) is 0 Å². The van der Waals surface area contributed by atoms with E-state index in [4.69, 9.17) is 9.47 Å². The van der Waals surface area contributed by atoms with E-state index in [1.807, 2.05) is 4.57 Å². The van der Waals surface area contributed by atoms with Gasteiger partial charge in [0.25, 0.3) is 11.8 Å². The SMILES string of the molecule is COCCn1cncc1CNC(=O)c1ccc2c(c1)N(C)C(=O)CO2. The van der Waals surface area contributed by atoms with E-state index >= 15 is 0 Å². The van der Waals surface area contributed by atoms with Gasteiger partial charge in [0.15, 0.2) is 6.61 Å². The first-order valence-electron chi connectivity index (χ1n) is 7.89. The summed E-state index contributed by atoms with van der Waals surface area (Å²) in [6, 6.07) is 5.04. The molecular formula is C17H20N4O4. The number of rotatable bonds is 6. The van der Waals surface area contributed by atoms with E-state index in [0.29, 0.717) is 36.7 Å². The minimum atomic E-state index is -0.228. The number of carbonyl (C=O) groups is 2.